The first kappa shape index (κ1) is 15.5. The van der Waals surface area contributed by atoms with Crippen molar-refractivity contribution in [3.05, 3.63) is 23.3 Å². The van der Waals surface area contributed by atoms with Crippen LogP contribution in [-0.2, 0) is 0 Å². The zero-order valence-electron chi connectivity index (χ0n) is 12.4. The second-order valence-electron chi connectivity index (χ2n) is 5.27. The monoisotopic (exact) mass is 265 g/mol. The molecular formula is C15H23NO3. The number of Topliss-reactive ketones (excluding diaryl/α,β-unsaturated/α-hetero) is 1. The van der Waals surface area contributed by atoms with E-state index in [0.717, 1.165) is 5.56 Å². The molecule has 0 aliphatic carbocycles. The molecule has 0 bridgehead atoms. The molecule has 0 unspecified atom stereocenters. The van der Waals surface area contributed by atoms with Gasteiger partial charge in [-0.25, -0.2) is 0 Å². The van der Waals surface area contributed by atoms with E-state index >= 15 is 0 Å². The van der Waals surface area contributed by atoms with Crippen LogP contribution in [0.4, 0.5) is 0 Å². The lowest BCUT2D eigenvalue weighted by atomic mass is 9.80. The number of carbonyl (C=O) groups is 1. The first-order valence-electron chi connectivity index (χ1n) is 6.35. The molecule has 0 spiro atoms. The Bertz CT molecular complexity index is 467. The van der Waals surface area contributed by atoms with Gasteiger partial charge in [-0.15, -0.1) is 0 Å². The summed E-state index contributed by atoms with van der Waals surface area (Å²) < 4.78 is 10.5. The summed E-state index contributed by atoms with van der Waals surface area (Å²) in [5.74, 6) is 1.28. The summed E-state index contributed by atoms with van der Waals surface area (Å²) in [5.41, 5.74) is 6.55. The molecule has 0 saturated heterocycles. The summed E-state index contributed by atoms with van der Waals surface area (Å²) in [4.78, 5) is 12.7. The summed E-state index contributed by atoms with van der Waals surface area (Å²) >= 11 is 0. The zero-order valence-corrected chi connectivity index (χ0v) is 12.4. The van der Waals surface area contributed by atoms with E-state index in [1.165, 1.54) is 0 Å². The lowest BCUT2D eigenvalue weighted by molar-refractivity contribution is 0.0825. The van der Waals surface area contributed by atoms with Gasteiger partial charge in [-0.05, 0) is 31.5 Å². The van der Waals surface area contributed by atoms with Crippen molar-refractivity contribution in [2.24, 2.45) is 11.1 Å². The SMILES string of the molecule is COc1cc(C)c(C(=O)C(C)(C)CCN)c(OC)c1. The van der Waals surface area contributed by atoms with Crippen LogP contribution in [0.5, 0.6) is 11.5 Å². The number of carbonyl (C=O) groups excluding carboxylic acids is 1. The molecule has 2 N–H and O–H groups in total. The molecule has 4 nitrogen and oxygen atoms in total. The summed E-state index contributed by atoms with van der Waals surface area (Å²) in [6.45, 7) is 6.18. The Morgan fingerprint density at radius 3 is 2.37 bits per heavy atom. The van der Waals surface area contributed by atoms with Gasteiger partial charge in [0, 0.05) is 11.5 Å². The average Bonchev–Trinajstić information content (AvgIpc) is 2.36. The highest BCUT2D eigenvalue weighted by Crippen LogP contribution is 2.34. The van der Waals surface area contributed by atoms with Crippen molar-refractivity contribution in [3.8, 4) is 11.5 Å². The average molecular weight is 265 g/mol. The second kappa shape index (κ2) is 6.06. The maximum absolute atomic E-state index is 12.7. The number of ketones is 1. The van der Waals surface area contributed by atoms with Crippen molar-refractivity contribution < 1.29 is 14.3 Å². The van der Waals surface area contributed by atoms with Crippen molar-refractivity contribution >= 4 is 5.78 Å². The Hall–Kier alpha value is -1.55. The fourth-order valence-electron chi connectivity index (χ4n) is 2.11. The Morgan fingerprint density at radius 1 is 1.26 bits per heavy atom. The fourth-order valence-corrected chi connectivity index (χ4v) is 2.11. The first-order valence-corrected chi connectivity index (χ1v) is 6.35. The highest BCUT2D eigenvalue weighted by molar-refractivity contribution is 6.03. The molecule has 106 valence electrons. The number of ether oxygens (including phenoxy) is 2. The van der Waals surface area contributed by atoms with Crippen LogP contribution >= 0.6 is 0 Å². The van der Waals surface area contributed by atoms with Crippen LogP contribution in [0.1, 0.15) is 36.2 Å². The largest absolute Gasteiger partial charge is 0.497 e. The van der Waals surface area contributed by atoms with Gasteiger partial charge in [-0.3, -0.25) is 4.79 Å². The van der Waals surface area contributed by atoms with Crippen LogP contribution in [-0.4, -0.2) is 26.5 Å². The molecule has 19 heavy (non-hydrogen) atoms. The van der Waals surface area contributed by atoms with Gasteiger partial charge in [0.2, 0.25) is 0 Å². The lowest BCUT2D eigenvalue weighted by Crippen LogP contribution is -2.28. The lowest BCUT2D eigenvalue weighted by Gasteiger charge is -2.24. The van der Waals surface area contributed by atoms with E-state index in [-0.39, 0.29) is 5.78 Å². The van der Waals surface area contributed by atoms with Crippen molar-refractivity contribution in [1.82, 2.24) is 0 Å². The normalized spacial score (nSPS) is 11.3. The number of rotatable bonds is 6. The summed E-state index contributed by atoms with van der Waals surface area (Å²) in [7, 11) is 3.15. The van der Waals surface area contributed by atoms with Gasteiger partial charge in [0.15, 0.2) is 5.78 Å². The molecule has 4 heteroatoms. The molecule has 0 saturated carbocycles. The molecule has 0 radical (unpaired) electrons. The molecule has 1 rings (SSSR count). The van der Waals surface area contributed by atoms with Crippen molar-refractivity contribution in [1.29, 1.82) is 0 Å². The van der Waals surface area contributed by atoms with Crippen molar-refractivity contribution in [3.63, 3.8) is 0 Å². The van der Waals surface area contributed by atoms with Crippen molar-refractivity contribution in [2.45, 2.75) is 27.2 Å². The maximum Gasteiger partial charge on any atom is 0.172 e. The Balaban J connectivity index is 3.30. The number of hydrogen-bond donors (Lipinski definition) is 1. The second-order valence-corrected chi connectivity index (χ2v) is 5.27. The van der Waals surface area contributed by atoms with Crippen LogP contribution in [0.15, 0.2) is 12.1 Å². The summed E-state index contributed by atoms with van der Waals surface area (Å²) in [5, 5.41) is 0. The molecule has 0 fully saturated rings. The number of methoxy groups -OCH3 is 2. The molecule has 0 aromatic heterocycles. The van der Waals surface area contributed by atoms with Gasteiger partial charge in [-0.2, -0.15) is 0 Å². The van der Waals surface area contributed by atoms with E-state index in [1.807, 2.05) is 26.8 Å². The third-order valence-electron chi connectivity index (χ3n) is 3.34. The van der Waals surface area contributed by atoms with Crippen LogP contribution in [0.25, 0.3) is 0 Å². The number of nitrogens with two attached hydrogens (primary N) is 1. The molecule has 0 amide bonds. The maximum atomic E-state index is 12.7. The quantitative estimate of drug-likeness (QED) is 0.803. The standard InChI is InChI=1S/C15H23NO3/c1-10-8-11(18-4)9-12(19-5)13(10)14(17)15(2,3)6-7-16/h8-9H,6-7,16H2,1-5H3. The van der Waals surface area contributed by atoms with E-state index in [2.05, 4.69) is 0 Å². The fraction of sp³-hybridized carbons (Fsp3) is 0.533. The highest BCUT2D eigenvalue weighted by Gasteiger charge is 2.31. The molecule has 0 aliphatic rings. The van der Waals surface area contributed by atoms with Gasteiger partial charge >= 0.3 is 0 Å². The highest BCUT2D eigenvalue weighted by atomic mass is 16.5. The molecule has 0 heterocycles. The molecule has 0 atom stereocenters. The summed E-state index contributed by atoms with van der Waals surface area (Å²) in [6, 6.07) is 3.58. The molecule has 1 aromatic rings. The van der Waals surface area contributed by atoms with Gasteiger partial charge < -0.3 is 15.2 Å². The van der Waals surface area contributed by atoms with Crippen LogP contribution in [0, 0.1) is 12.3 Å². The van der Waals surface area contributed by atoms with E-state index in [0.29, 0.717) is 30.0 Å². The van der Waals surface area contributed by atoms with E-state index < -0.39 is 5.41 Å². The minimum atomic E-state index is -0.499. The van der Waals surface area contributed by atoms with Gasteiger partial charge in [-0.1, -0.05) is 13.8 Å². The molecular weight excluding hydrogens is 242 g/mol. The van der Waals surface area contributed by atoms with Gasteiger partial charge in [0.25, 0.3) is 0 Å². The predicted molar refractivity (Wildman–Crippen MR) is 76.1 cm³/mol. The van der Waals surface area contributed by atoms with E-state index in [9.17, 15) is 4.79 Å². The Morgan fingerprint density at radius 2 is 1.89 bits per heavy atom. The summed E-state index contributed by atoms with van der Waals surface area (Å²) in [6.07, 6.45) is 0.639. The number of hydrogen-bond acceptors (Lipinski definition) is 4. The van der Waals surface area contributed by atoms with Crippen LogP contribution in [0.3, 0.4) is 0 Å². The van der Waals surface area contributed by atoms with Crippen LogP contribution < -0.4 is 15.2 Å². The molecule has 1 aromatic carbocycles. The Labute approximate surface area is 114 Å². The first-order chi connectivity index (χ1) is 8.87. The van der Waals surface area contributed by atoms with E-state index in [1.54, 1.807) is 20.3 Å². The number of benzene rings is 1. The van der Waals surface area contributed by atoms with Crippen LogP contribution in [0.2, 0.25) is 0 Å². The minimum absolute atomic E-state index is 0.0509. The predicted octanol–water partition coefficient (Wildman–Crippen LogP) is 2.57. The van der Waals surface area contributed by atoms with Crippen molar-refractivity contribution in [2.75, 3.05) is 20.8 Å². The topological polar surface area (TPSA) is 61.5 Å². The van der Waals surface area contributed by atoms with E-state index in [4.69, 9.17) is 15.2 Å². The van der Waals surface area contributed by atoms with Gasteiger partial charge in [0.05, 0.1) is 19.8 Å². The molecule has 0 aliphatic heterocycles. The van der Waals surface area contributed by atoms with Gasteiger partial charge in [0.1, 0.15) is 11.5 Å². The smallest absolute Gasteiger partial charge is 0.172 e. The Kier molecular flexibility index (Phi) is 4.95. The zero-order chi connectivity index (χ0) is 14.6. The minimum Gasteiger partial charge on any atom is -0.497 e. The number of aryl methyl sites for hydroxylation is 1. The third kappa shape index (κ3) is 3.26. The third-order valence-corrected chi connectivity index (χ3v) is 3.34.